The second-order valence-electron chi connectivity index (χ2n) is 7.21. The standard InChI is InChI=1S/C19H26N8O/c1-3-26-17(13-25-10-4-8-20-25)22-23-19(26)16-6-11-24(12-7-16)18(28)14-27-15(2)5-9-21-27/h4-5,8-10,16H,3,6-7,11-14H2,1-2H3. The van der Waals surface area contributed by atoms with E-state index in [0.29, 0.717) is 19.0 Å². The van der Waals surface area contributed by atoms with Crippen molar-refractivity contribution in [2.75, 3.05) is 13.1 Å². The average molecular weight is 382 g/mol. The van der Waals surface area contributed by atoms with E-state index >= 15 is 0 Å². The Morgan fingerprint density at radius 1 is 1.18 bits per heavy atom. The molecule has 3 aromatic heterocycles. The number of carbonyl (C=O) groups is 1. The van der Waals surface area contributed by atoms with Gasteiger partial charge in [-0.15, -0.1) is 10.2 Å². The van der Waals surface area contributed by atoms with Gasteiger partial charge in [0, 0.05) is 49.8 Å². The number of aromatic nitrogens is 7. The van der Waals surface area contributed by atoms with Crippen LogP contribution in [0.3, 0.4) is 0 Å². The largest absolute Gasteiger partial charge is 0.341 e. The second kappa shape index (κ2) is 7.95. The minimum absolute atomic E-state index is 0.126. The highest BCUT2D eigenvalue weighted by Gasteiger charge is 2.28. The fraction of sp³-hybridized carbons (Fsp3) is 0.526. The molecule has 0 spiro atoms. The SMILES string of the molecule is CCn1c(Cn2cccn2)nnc1C1CCN(C(=O)Cn2nccc2C)CC1. The molecule has 0 unspecified atom stereocenters. The van der Waals surface area contributed by atoms with Crippen LogP contribution in [0.15, 0.2) is 30.7 Å². The fourth-order valence-corrected chi connectivity index (χ4v) is 3.83. The van der Waals surface area contributed by atoms with Gasteiger partial charge in [0.05, 0.1) is 0 Å². The Balaban J connectivity index is 1.39. The average Bonchev–Trinajstić information content (AvgIpc) is 3.45. The number of aryl methyl sites for hydroxylation is 1. The quantitative estimate of drug-likeness (QED) is 0.644. The van der Waals surface area contributed by atoms with Crippen molar-refractivity contribution in [3.63, 3.8) is 0 Å². The molecule has 1 aliphatic rings. The third kappa shape index (κ3) is 3.69. The molecule has 1 saturated heterocycles. The Morgan fingerprint density at radius 3 is 2.64 bits per heavy atom. The number of rotatable bonds is 6. The van der Waals surface area contributed by atoms with Gasteiger partial charge in [-0.05, 0) is 38.8 Å². The van der Waals surface area contributed by atoms with Gasteiger partial charge in [0.1, 0.15) is 18.9 Å². The molecule has 0 bridgehead atoms. The van der Waals surface area contributed by atoms with E-state index in [2.05, 4.69) is 31.9 Å². The summed E-state index contributed by atoms with van der Waals surface area (Å²) >= 11 is 0. The monoisotopic (exact) mass is 382 g/mol. The molecule has 0 atom stereocenters. The number of amides is 1. The zero-order valence-corrected chi connectivity index (χ0v) is 16.4. The number of hydrogen-bond donors (Lipinski definition) is 0. The Kier molecular flexibility index (Phi) is 5.23. The zero-order chi connectivity index (χ0) is 19.5. The van der Waals surface area contributed by atoms with E-state index in [9.17, 15) is 4.79 Å². The fourth-order valence-electron chi connectivity index (χ4n) is 3.83. The molecule has 4 rings (SSSR count). The Morgan fingerprint density at radius 2 is 2.00 bits per heavy atom. The van der Waals surface area contributed by atoms with Gasteiger partial charge in [-0.2, -0.15) is 10.2 Å². The predicted molar refractivity (Wildman–Crippen MR) is 103 cm³/mol. The Bertz CT molecular complexity index is 918. The van der Waals surface area contributed by atoms with Gasteiger partial charge in [-0.25, -0.2) is 0 Å². The van der Waals surface area contributed by atoms with Crippen molar-refractivity contribution in [3.8, 4) is 0 Å². The molecule has 0 radical (unpaired) electrons. The van der Waals surface area contributed by atoms with Crippen LogP contribution in [0, 0.1) is 6.92 Å². The molecule has 9 heteroatoms. The second-order valence-corrected chi connectivity index (χ2v) is 7.21. The van der Waals surface area contributed by atoms with E-state index in [4.69, 9.17) is 0 Å². The molecule has 0 saturated carbocycles. The van der Waals surface area contributed by atoms with Gasteiger partial charge in [0.15, 0.2) is 5.82 Å². The molecule has 4 heterocycles. The number of piperidine rings is 1. The van der Waals surface area contributed by atoms with E-state index in [1.165, 1.54) is 0 Å². The van der Waals surface area contributed by atoms with Gasteiger partial charge in [-0.1, -0.05) is 0 Å². The van der Waals surface area contributed by atoms with Gasteiger partial charge in [-0.3, -0.25) is 14.2 Å². The van der Waals surface area contributed by atoms with Crippen molar-refractivity contribution in [1.29, 1.82) is 0 Å². The lowest BCUT2D eigenvalue weighted by molar-refractivity contribution is -0.133. The molecule has 148 valence electrons. The van der Waals surface area contributed by atoms with Crippen molar-refractivity contribution in [1.82, 2.24) is 39.2 Å². The summed E-state index contributed by atoms with van der Waals surface area (Å²) in [6.45, 7) is 7.33. The summed E-state index contributed by atoms with van der Waals surface area (Å²) in [5.41, 5.74) is 1.00. The molecule has 0 aromatic carbocycles. The number of hydrogen-bond acceptors (Lipinski definition) is 5. The third-order valence-electron chi connectivity index (χ3n) is 5.46. The van der Waals surface area contributed by atoms with Crippen LogP contribution in [0.2, 0.25) is 0 Å². The molecular formula is C19H26N8O. The molecule has 1 fully saturated rings. The van der Waals surface area contributed by atoms with Crippen molar-refractivity contribution in [2.45, 2.75) is 52.2 Å². The number of carbonyl (C=O) groups excluding carboxylic acids is 1. The van der Waals surface area contributed by atoms with Crippen molar-refractivity contribution in [2.24, 2.45) is 0 Å². The van der Waals surface area contributed by atoms with Crippen molar-refractivity contribution >= 4 is 5.91 Å². The normalized spacial score (nSPS) is 15.3. The van der Waals surface area contributed by atoms with Gasteiger partial charge in [0.25, 0.3) is 0 Å². The van der Waals surface area contributed by atoms with Crippen LogP contribution in [0.5, 0.6) is 0 Å². The van der Waals surface area contributed by atoms with Crippen LogP contribution in [0.4, 0.5) is 0 Å². The molecule has 1 amide bonds. The highest BCUT2D eigenvalue weighted by molar-refractivity contribution is 5.76. The highest BCUT2D eigenvalue weighted by atomic mass is 16.2. The lowest BCUT2D eigenvalue weighted by Crippen LogP contribution is -2.40. The van der Waals surface area contributed by atoms with Crippen LogP contribution < -0.4 is 0 Å². The van der Waals surface area contributed by atoms with E-state index in [0.717, 1.165) is 49.8 Å². The summed E-state index contributed by atoms with van der Waals surface area (Å²) in [6, 6.07) is 3.82. The summed E-state index contributed by atoms with van der Waals surface area (Å²) in [5.74, 6) is 2.41. The molecule has 0 aliphatic carbocycles. The lowest BCUT2D eigenvalue weighted by atomic mass is 9.95. The van der Waals surface area contributed by atoms with Crippen LogP contribution in [-0.2, 0) is 24.4 Å². The first kappa shape index (κ1) is 18.4. The summed E-state index contributed by atoms with van der Waals surface area (Å²) in [6.07, 6.45) is 7.24. The van der Waals surface area contributed by atoms with Gasteiger partial charge in [0.2, 0.25) is 5.91 Å². The molecule has 28 heavy (non-hydrogen) atoms. The van der Waals surface area contributed by atoms with Crippen LogP contribution in [0.1, 0.15) is 43.0 Å². The maximum absolute atomic E-state index is 12.6. The first-order valence-corrected chi connectivity index (χ1v) is 9.81. The minimum atomic E-state index is 0.126. The lowest BCUT2D eigenvalue weighted by Gasteiger charge is -2.31. The van der Waals surface area contributed by atoms with Crippen molar-refractivity contribution in [3.05, 3.63) is 48.1 Å². The maximum Gasteiger partial charge on any atom is 0.244 e. The molecule has 1 aliphatic heterocycles. The Labute approximate surface area is 164 Å². The smallest absolute Gasteiger partial charge is 0.244 e. The number of likely N-dealkylation sites (tertiary alicyclic amines) is 1. The topological polar surface area (TPSA) is 86.7 Å². The van der Waals surface area contributed by atoms with Crippen LogP contribution in [-0.4, -0.2) is 58.2 Å². The summed E-state index contributed by atoms with van der Waals surface area (Å²) in [4.78, 5) is 14.5. The first-order chi connectivity index (χ1) is 13.7. The zero-order valence-electron chi connectivity index (χ0n) is 16.4. The summed E-state index contributed by atoms with van der Waals surface area (Å²) in [7, 11) is 0. The highest BCUT2D eigenvalue weighted by Crippen LogP contribution is 2.27. The van der Waals surface area contributed by atoms with E-state index < -0.39 is 0 Å². The minimum Gasteiger partial charge on any atom is -0.341 e. The first-order valence-electron chi connectivity index (χ1n) is 9.81. The maximum atomic E-state index is 12.6. The van der Waals surface area contributed by atoms with Crippen LogP contribution >= 0.6 is 0 Å². The molecule has 0 N–H and O–H groups in total. The molecule has 3 aromatic rings. The number of nitrogens with zero attached hydrogens (tertiary/aromatic N) is 8. The summed E-state index contributed by atoms with van der Waals surface area (Å²) in [5, 5.41) is 17.4. The van der Waals surface area contributed by atoms with E-state index in [1.807, 2.05) is 34.8 Å². The van der Waals surface area contributed by atoms with Crippen LogP contribution in [0.25, 0.3) is 0 Å². The third-order valence-corrected chi connectivity index (χ3v) is 5.46. The van der Waals surface area contributed by atoms with Crippen molar-refractivity contribution < 1.29 is 4.79 Å². The van der Waals surface area contributed by atoms with E-state index in [1.54, 1.807) is 17.1 Å². The molecular weight excluding hydrogens is 356 g/mol. The summed E-state index contributed by atoms with van der Waals surface area (Å²) < 4.78 is 5.80. The predicted octanol–water partition coefficient (Wildman–Crippen LogP) is 1.45. The van der Waals surface area contributed by atoms with Gasteiger partial charge >= 0.3 is 0 Å². The van der Waals surface area contributed by atoms with Gasteiger partial charge < -0.3 is 9.47 Å². The van der Waals surface area contributed by atoms with E-state index in [-0.39, 0.29) is 5.91 Å². The Hall–Kier alpha value is -2.97. The molecule has 9 nitrogen and oxygen atoms in total.